The second-order valence-electron chi connectivity index (χ2n) is 4.53. The van der Waals surface area contributed by atoms with Crippen molar-refractivity contribution in [1.29, 1.82) is 0 Å². The van der Waals surface area contributed by atoms with Crippen LogP contribution in [0.15, 0.2) is 46.9 Å². The summed E-state index contributed by atoms with van der Waals surface area (Å²) in [5, 5.41) is 0. The summed E-state index contributed by atoms with van der Waals surface area (Å²) in [7, 11) is 0. The lowest BCUT2D eigenvalue weighted by Crippen LogP contribution is -2.26. The van der Waals surface area contributed by atoms with Crippen LogP contribution in [0.25, 0.3) is 0 Å². The van der Waals surface area contributed by atoms with Crippen LogP contribution in [0.5, 0.6) is 0 Å². The first-order valence-corrected chi connectivity index (χ1v) is 6.78. The fourth-order valence-corrected chi connectivity index (χ4v) is 2.46. The van der Waals surface area contributed by atoms with Gasteiger partial charge in [-0.3, -0.25) is 0 Å². The minimum atomic E-state index is -0.568. The molecule has 0 aliphatic carbocycles. The molecule has 1 atom stereocenters. The SMILES string of the molecule is NC(Cc1cccc(Br)c1)Cc1ccc(F)cc1F. The van der Waals surface area contributed by atoms with Crippen molar-refractivity contribution in [1.82, 2.24) is 0 Å². The second-order valence-corrected chi connectivity index (χ2v) is 5.45. The lowest BCUT2D eigenvalue weighted by Gasteiger charge is -2.12. The highest BCUT2D eigenvalue weighted by molar-refractivity contribution is 9.10. The first-order chi connectivity index (χ1) is 9.04. The molecule has 2 N–H and O–H groups in total. The lowest BCUT2D eigenvalue weighted by atomic mass is 9.99. The smallest absolute Gasteiger partial charge is 0.129 e. The van der Waals surface area contributed by atoms with Gasteiger partial charge in [0.1, 0.15) is 11.6 Å². The van der Waals surface area contributed by atoms with Crippen molar-refractivity contribution in [3.05, 3.63) is 69.7 Å². The minimum Gasteiger partial charge on any atom is -0.327 e. The number of halogens is 3. The Morgan fingerprint density at radius 3 is 2.53 bits per heavy atom. The summed E-state index contributed by atoms with van der Waals surface area (Å²) in [4.78, 5) is 0. The fraction of sp³-hybridized carbons (Fsp3) is 0.200. The van der Waals surface area contributed by atoms with Crippen molar-refractivity contribution < 1.29 is 8.78 Å². The highest BCUT2D eigenvalue weighted by Crippen LogP contribution is 2.15. The molecule has 1 unspecified atom stereocenters. The van der Waals surface area contributed by atoms with E-state index in [9.17, 15) is 8.78 Å². The monoisotopic (exact) mass is 325 g/mol. The topological polar surface area (TPSA) is 26.0 Å². The molecule has 0 aliphatic rings. The summed E-state index contributed by atoms with van der Waals surface area (Å²) < 4.78 is 27.3. The lowest BCUT2D eigenvalue weighted by molar-refractivity contribution is 0.558. The van der Waals surface area contributed by atoms with Crippen LogP contribution in [0, 0.1) is 11.6 Å². The molecule has 0 bridgehead atoms. The van der Waals surface area contributed by atoms with Gasteiger partial charge in [0.05, 0.1) is 0 Å². The van der Waals surface area contributed by atoms with Crippen LogP contribution in [-0.2, 0) is 12.8 Å². The summed E-state index contributed by atoms with van der Waals surface area (Å²) in [6.07, 6.45) is 1.04. The third-order valence-electron chi connectivity index (χ3n) is 2.88. The molecular formula is C15H14BrF2N. The van der Waals surface area contributed by atoms with Gasteiger partial charge in [-0.1, -0.05) is 34.1 Å². The van der Waals surface area contributed by atoms with E-state index in [1.165, 1.54) is 12.1 Å². The maximum absolute atomic E-state index is 13.5. The van der Waals surface area contributed by atoms with Gasteiger partial charge >= 0.3 is 0 Å². The zero-order chi connectivity index (χ0) is 13.8. The van der Waals surface area contributed by atoms with E-state index in [1.807, 2.05) is 24.3 Å². The normalized spacial score (nSPS) is 12.4. The largest absolute Gasteiger partial charge is 0.327 e. The first-order valence-electron chi connectivity index (χ1n) is 5.98. The number of hydrogen-bond donors (Lipinski definition) is 1. The van der Waals surface area contributed by atoms with Crippen molar-refractivity contribution in [3.8, 4) is 0 Å². The van der Waals surface area contributed by atoms with E-state index in [0.29, 0.717) is 18.4 Å². The zero-order valence-electron chi connectivity index (χ0n) is 10.2. The number of hydrogen-bond acceptors (Lipinski definition) is 1. The van der Waals surface area contributed by atoms with Gasteiger partial charge in [-0.15, -0.1) is 0 Å². The van der Waals surface area contributed by atoms with Crippen molar-refractivity contribution in [2.45, 2.75) is 18.9 Å². The molecule has 0 aliphatic heterocycles. The van der Waals surface area contributed by atoms with Gasteiger partial charge in [0, 0.05) is 16.6 Å². The van der Waals surface area contributed by atoms with Gasteiger partial charge in [0.2, 0.25) is 0 Å². The van der Waals surface area contributed by atoms with E-state index in [1.54, 1.807) is 0 Å². The van der Waals surface area contributed by atoms with Crippen molar-refractivity contribution in [2.24, 2.45) is 5.73 Å². The van der Waals surface area contributed by atoms with Crippen molar-refractivity contribution in [3.63, 3.8) is 0 Å². The average molecular weight is 326 g/mol. The molecule has 4 heteroatoms. The third kappa shape index (κ3) is 4.11. The molecular weight excluding hydrogens is 312 g/mol. The van der Waals surface area contributed by atoms with Gasteiger partial charge in [-0.2, -0.15) is 0 Å². The molecule has 0 aromatic heterocycles. The van der Waals surface area contributed by atoms with Gasteiger partial charge in [0.25, 0.3) is 0 Å². The van der Waals surface area contributed by atoms with Gasteiger partial charge in [0.15, 0.2) is 0 Å². The Bertz CT molecular complexity index is 572. The molecule has 0 radical (unpaired) electrons. The van der Waals surface area contributed by atoms with E-state index in [-0.39, 0.29) is 6.04 Å². The molecule has 2 aromatic carbocycles. The zero-order valence-corrected chi connectivity index (χ0v) is 11.8. The third-order valence-corrected chi connectivity index (χ3v) is 3.38. The molecule has 19 heavy (non-hydrogen) atoms. The van der Waals surface area contributed by atoms with Gasteiger partial charge in [-0.25, -0.2) is 8.78 Å². The van der Waals surface area contributed by atoms with E-state index >= 15 is 0 Å². The van der Waals surface area contributed by atoms with Crippen LogP contribution in [0.3, 0.4) is 0 Å². The summed E-state index contributed by atoms with van der Waals surface area (Å²) in [5.74, 6) is -1.11. The Kier molecular flexibility index (Phi) is 4.66. The van der Waals surface area contributed by atoms with E-state index in [2.05, 4.69) is 15.9 Å². The van der Waals surface area contributed by atoms with E-state index < -0.39 is 11.6 Å². The van der Waals surface area contributed by atoms with Crippen LogP contribution in [0.2, 0.25) is 0 Å². The summed E-state index contributed by atoms with van der Waals surface area (Å²) in [5.41, 5.74) is 7.55. The highest BCUT2D eigenvalue weighted by atomic mass is 79.9. The molecule has 0 fully saturated rings. The van der Waals surface area contributed by atoms with Gasteiger partial charge < -0.3 is 5.73 Å². The Labute approximate surface area is 119 Å². The molecule has 0 heterocycles. The Morgan fingerprint density at radius 2 is 1.84 bits per heavy atom. The molecule has 2 rings (SSSR count). The number of nitrogens with two attached hydrogens (primary N) is 1. The second kappa shape index (κ2) is 6.26. The van der Waals surface area contributed by atoms with Crippen LogP contribution in [0.4, 0.5) is 8.78 Å². The maximum atomic E-state index is 13.5. The summed E-state index contributed by atoms with van der Waals surface area (Å²) >= 11 is 3.40. The quantitative estimate of drug-likeness (QED) is 0.908. The van der Waals surface area contributed by atoms with Crippen LogP contribution >= 0.6 is 15.9 Å². The Hall–Kier alpha value is -1.26. The average Bonchev–Trinajstić information content (AvgIpc) is 2.33. The fourth-order valence-electron chi connectivity index (χ4n) is 2.01. The van der Waals surface area contributed by atoms with Crippen LogP contribution < -0.4 is 5.73 Å². The van der Waals surface area contributed by atoms with Gasteiger partial charge in [-0.05, 0) is 42.2 Å². The molecule has 0 spiro atoms. The summed E-state index contributed by atoms with van der Waals surface area (Å²) in [6, 6.07) is 11.2. The minimum absolute atomic E-state index is 0.200. The first kappa shape index (κ1) is 14.2. The molecule has 2 aromatic rings. The standard InChI is InChI=1S/C15H14BrF2N/c16-12-3-1-2-10(6-12)7-14(19)8-11-4-5-13(17)9-15(11)18/h1-6,9,14H,7-8,19H2. The Morgan fingerprint density at radius 1 is 1.05 bits per heavy atom. The molecule has 1 nitrogen and oxygen atoms in total. The highest BCUT2D eigenvalue weighted by Gasteiger charge is 2.10. The number of benzene rings is 2. The molecule has 0 saturated heterocycles. The predicted molar refractivity (Wildman–Crippen MR) is 75.9 cm³/mol. The van der Waals surface area contributed by atoms with Crippen LogP contribution in [-0.4, -0.2) is 6.04 Å². The van der Waals surface area contributed by atoms with Crippen molar-refractivity contribution >= 4 is 15.9 Å². The Balaban J connectivity index is 2.03. The maximum Gasteiger partial charge on any atom is 0.129 e. The predicted octanol–water partition coefficient (Wildman–Crippen LogP) is 3.84. The molecule has 0 amide bonds. The number of rotatable bonds is 4. The molecule has 100 valence electrons. The van der Waals surface area contributed by atoms with E-state index in [4.69, 9.17) is 5.73 Å². The molecule has 0 saturated carbocycles. The van der Waals surface area contributed by atoms with Crippen LogP contribution in [0.1, 0.15) is 11.1 Å². The van der Waals surface area contributed by atoms with E-state index in [0.717, 1.165) is 16.1 Å². The summed E-state index contributed by atoms with van der Waals surface area (Å²) in [6.45, 7) is 0. The van der Waals surface area contributed by atoms with Crippen molar-refractivity contribution in [2.75, 3.05) is 0 Å².